The molecule has 17 heavy (non-hydrogen) atoms. The van der Waals surface area contributed by atoms with Gasteiger partial charge in [0.05, 0.1) is 11.4 Å². The van der Waals surface area contributed by atoms with Crippen LogP contribution in [0.2, 0.25) is 0 Å². The van der Waals surface area contributed by atoms with Gasteiger partial charge in [0.15, 0.2) is 0 Å². The summed E-state index contributed by atoms with van der Waals surface area (Å²) < 4.78 is 2.11. The zero-order valence-corrected chi connectivity index (χ0v) is 11.2. The first-order valence-corrected chi connectivity index (χ1v) is 6.67. The maximum Gasteiger partial charge on any atom is 0.0625 e. The van der Waals surface area contributed by atoms with Gasteiger partial charge in [0.25, 0.3) is 0 Å². The topological polar surface area (TPSA) is 47.1 Å². The van der Waals surface area contributed by atoms with E-state index in [-0.39, 0.29) is 5.54 Å². The number of hydrogen-bond acceptors (Lipinski definition) is 3. The van der Waals surface area contributed by atoms with Gasteiger partial charge in [0, 0.05) is 31.7 Å². The summed E-state index contributed by atoms with van der Waals surface area (Å²) in [4.78, 5) is 2.41. The quantitative estimate of drug-likeness (QED) is 0.840. The molecule has 2 heterocycles. The maximum atomic E-state index is 6.18. The van der Waals surface area contributed by atoms with E-state index in [2.05, 4.69) is 41.5 Å². The number of rotatable bonds is 5. The highest BCUT2D eigenvalue weighted by Crippen LogP contribution is 2.23. The van der Waals surface area contributed by atoms with E-state index in [1.165, 1.54) is 11.4 Å². The predicted octanol–water partition coefficient (Wildman–Crippen LogP) is 1.39. The van der Waals surface area contributed by atoms with Gasteiger partial charge in [0.2, 0.25) is 0 Å². The van der Waals surface area contributed by atoms with Crippen LogP contribution in [0.4, 0.5) is 0 Å². The highest BCUT2D eigenvalue weighted by atomic mass is 15.3. The molecule has 0 saturated carbocycles. The van der Waals surface area contributed by atoms with Crippen molar-refractivity contribution in [3.8, 4) is 0 Å². The zero-order valence-electron chi connectivity index (χ0n) is 11.2. The van der Waals surface area contributed by atoms with Crippen LogP contribution in [0.15, 0.2) is 6.07 Å². The largest absolute Gasteiger partial charge is 0.323 e. The van der Waals surface area contributed by atoms with Crippen molar-refractivity contribution in [1.29, 1.82) is 0 Å². The number of likely N-dealkylation sites (tertiary alicyclic amines) is 1. The minimum absolute atomic E-state index is 0.0602. The first-order chi connectivity index (χ1) is 8.10. The Labute approximate surface area is 104 Å². The Bertz CT molecular complexity index is 377. The van der Waals surface area contributed by atoms with Crippen molar-refractivity contribution in [3.63, 3.8) is 0 Å². The van der Waals surface area contributed by atoms with Crippen LogP contribution in [0.25, 0.3) is 0 Å². The molecule has 1 aliphatic rings. The average Bonchev–Trinajstić information content (AvgIpc) is 2.69. The lowest BCUT2D eigenvalue weighted by molar-refractivity contribution is 0.0582. The van der Waals surface area contributed by atoms with Gasteiger partial charge in [-0.05, 0) is 25.8 Å². The third-order valence-corrected chi connectivity index (χ3v) is 3.74. The van der Waals surface area contributed by atoms with Crippen LogP contribution < -0.4 is 5.73 Å². The summed E-state index contributed by atoms with van der Waals surface area (Å²) in [6.45, 7) is 10.4. The molecule has 1 saturated heterocycles. The molecule has 0 spiro atoms. The molecule has 2 N–H and O–H groups in total. The van der Waals surface area contributed by atoms with Gasteiger partial charge in [-0.3, -0.25) is 9.58 Å². The van der Waals surface area contributed by atoms with Crippen LogP contribution in [0, 0.1) is 0 Å². The average molecular weight is 236 g/mol. The van der Waals surface area contributed by atoms with Gasteiger partial charge in [-0.25, -0.2) is 0 Å². The van der Waals surface area contributed by atoms with Gasteiger partial charge < -0.3 is 5.73 Å². The van der Waals surface area contributed by atoms with E-state index in [4.69, 9.17) is 5.73 Å². The van der Waals surface area contributed by atoms with E-state index in [9.17, 15) is 0 Å². The van der Waals surface area contributed by atoms with E-state index >= 15 is 0 Å². The molecule has 0 unspecified atom stereocenters. The summed E-state index contributed by atoms with van der Waals surface area (Å²) in [6, 6.07) is 2.23. The number of nitrogens with two attached hydrogens (primary N) is 1. The molecule has 96 valence electrons. The van der Waals surface area contributed by atoms with Crippen LogP contribution in [-0.4, -0.2) is 33.3 Å². The fraction of sp³-hybridized carbons (Fsp3) is 0.769. The Morgan fingerprint density at radius 2 is 2.06 bits per heavy atom. The lowest BCUT2D eigenvalue weighted by atomic mass is 9.88. The molecule has 0 amide bonds. The summed E-state index contributed by atoms with van der Waals surface area (Å²) in [7, 11) is 0. The fourth-order valence-corrected chi connectivity index (χ4v) is 2.50. The van der Waals surface area contributed by atoms with Crippen molar-refractivity contribution in [3.05, 3.63) is 17.5 Å². The van der Waals surface area contributed by atoms with E-state index in [0.717, 1.165) is 39.0 Å². The minimum atomic E-state index is 0.0602. The number of hydrogen-bond donors (Lipinski definition) is 1. The summed E-state index contributed by atoms with van der Waals surface area (Å²) >= 11 is 0. The molecule has 0 aliphatic carbocycles. The third-order valence-electron chi connectivity index (χ3n) is 3.74. The molecule has 1 aromatic rings. The highest BCUT2D eigenvalue weighted by Gasteiger charge is 2.37. The Balaban J connectivity index is 1.98. The van der Waals surface area contributed by atoms with Crippen molar-refractivity contribution < 1.29 is 0 Å². The van der Waals surface area contributed by atoms with Crippen molar-refractivity contribution in [1.82, 2.24) is 14.7 Å². The van der Waals surface area contributed by atoms with Crippen LogP contribution in [-0.2, 0) is 19.5 Å². The molecule has 1 fully saturated rings. The van der Waals surface area contributed by atoms with Crippen molar-refractivity contribution in [2.45, 2.75) is 52.2 Å². The Morgan fingerprint density at radius 3 is 2.59 bits per heavy atom. The van der Waals surface area contributed by atoms with E-state index in [1.807, 2.05) is 0 Å². The second-order valence-electron chi connectivity index (χ2n) is 5.16. The second kappa shape index (κ2) is 4.78. The molecule has 0 bridgehead atoms. The molecule has 1 aliphatic heterocycles. The van der Waals surface area contributed by atoms with E-state index in [0.29, 0.717) is 0 Å². The summed E-state index contributed by atoms with van der Waals surface area (Å²) in [5.74, 6) is 0. The lowest BCUT2D eigenvalue weighted by Gasteiger charge is -2.47. The van der Waals surface area contributed by atoms with Crippen molar-refractivity contribution >= 4 is 0 Å². The summed E-state index contributed by atoms with van der Waals surface area (Å²) in [6.07, 6.45) is 2.08. The zero-order chi connectivity index (χ0) is 12.5. The summed E-state index contributed by atoms with van der Waals surface area (Å²) in [5.41, 5.74) is 8.76. The number of aryl methyl sites for hydroxylation is 2. The van der Waals surface area contributed by atoms with Crippen LogP contribution in [0.5, 0.6) is 0 Å². The molecule has 2 rings (SSSR count). The first-order valence-electron chi connectivity index (χ1n) is 6.67. The van der Waals surface area contributed by atoms with Gasteiger partial charge >= 0.3 is 0 Å². The van der Waals surface area contributed by atoms with Gasteiger partial charge in [-0.2, -0.15) is 5.10 Å². The minimum Gasteiger partial charge on any atom is -0.323 e. The maximum absolute atomic E-state index is 6.18. The van der Waals surface area contributed by atoms with E-state index < -0.39 is 0 Å². The SMILES string of the molecule is CCc1cc(CN2CC(N)(CC)C2)n(CC)n1. The monoisotopic (exact) mass is 236 g/mol. The molecule has 4 nitrogen and oxygen atoms in total. The molecule has 1 aromatic heterocycles. The Kier molecular flexibility index (Phi) is 3.54. The Hall–Kier alpha value is -0.870. The molecule has 0 radical (unpaired) electrons. The van der Waals surface area contributed by atoms with Gasteiger partial charge in [-0.15, -0.1) is 0 Å². The first kappa shape index (κ1) is 12.6. The second-order valence-corrected chi connectivity index (χ2v) is 5.16. The lowest BCUT2D eigenvalue weighted by Crippen LogP contribution is -2.66. The predicted molar refractivity (Wildman–Crippen MR) is 69.8 cm³/mol. The van der Waals surface area contributed by atoms with Crippen molar-refractivity contribution in [2.75, 3.05) is 13.1 Å². The van der Waals surface area contributed by atoms with Gasteiger partial charge in [-0.1, -0.05) is 13.8 Å². The van der Waals surface area contributed by atoms with Crippen LogP contribution >= 0.6 is 0 Å². The van der Waals surface area contributed by atoms with E-state index in [1.54, 1.807) is 0 Å². The fourth-order valence-electron chi connectivity index (χ4n) is 2.50. The highest BCUT2D eigenvalue weighted by molar-refractivity contribution is 5.12. The standard InChI is InChI=1S/C13H24N4/c1-4-11-7-12(17(6-3)15-11)8-16-9-13(14,5-2)10-16/h7H,4-6,8-10,14H2,1-3H3. The Morgan fingerprint density at radius 1 is 1.35 bits per heavy atom. The third kappa shape index (κ3) is 2.53. The molecule has 4 heteroatoms. The molecule has 0 aromatic carbocycles. The molecular weight excluding hydrogens is 212 g/mol. The molecular formula is C13H24N4. The summed E-state index contributed by atoms with van der Waals surface area (Å²) in [5, 5.41) is 4.57. The molecule has 0 atom stereocenters. The normalized spacial score (nSPS) is 19.3. The number of aromatic nitrogens is 2. The van der Waals surface area contributed by atoms with Crippen LogP contribution in [0.1, 0.15) is 38.6 Å². The van der Waals surface area contributed by atoms with Crippen molar-refractivity contribution in [2.24, 2.45) is 5.73 Å². The van der Waals surface area contributed by atoms with Gasteiger partial charge in [0.1, 0.15) is 0 Å². The number of nitrogens with zero attached hydrogens (tertiary/aromatic N) is 3. The smallest absolute Gasteiger partial charge is 0.0625 e. The van der Waals surface area contributed by atoms with Crippen LogP contribution in [0.3, 0.4) is 0 Å².